The fourth-order valence-corrected chi connectivity index (χ4v) is 2.91. The summed E-state index contributed by atoms with van der Waals surface area (Å²) in [6, 6.07) is 17.7. The van der Waals surface area contributed by atoms with Crippen LogP contribution in [0.2, 0.25) is 0 Å². The molecule has 0 aliphatic rings. The van der Waals surface area contributed by atoms with E-state index in [1.54, 1.807) is 24.5 Å². The number of para-hydroxylation sites is 1. The third-order valence-corrected chi connectivity index (χ3v) is 4.37. The lowest BCUT2D eigenvalue weighted by Gasteiger charge is -2.21. The molecule has 0 N–H and O–H groups in total. The molecule has 2 heterocycles. The van der Waals surface area contributed by atoms with Crippen molar-refractivity contribution in [2.45, 2.75) is 0 Å². The van der Waals surface area contributed by atoms with E-state index < -0.39 is 0 Å². The molecule has 0 fully saturated rings. The van der Waals surface area contributed by atoms with Crippen molar-refractivity contribution in [1.82, 2.24) is 15.0 Å². The van der Waals surface area contributed by atoms with E-state index in [2.05, 4.69) is 9.97 Å². The normalized spacial score (nSPS) is 10.8. The van der Waals surface area contributed by atoms with E-state index in [4.69, 9.17) is 9.72 Å². The van der Waals surface area contributed by atoms with Crippen LogP contribution in [-0.2, 0) is 0 Å². The first kappa shape index (κ1) is 17.9. The Morgan fingerprint density at radius 3 is 2.57 bits per heavy atom. The van der Waals surface area contributed by atoms with Gasteiger partial charge in [-0.25, -0.2) is 14.4 Å². The molecule has 0 unspecified atom stereocenters. The lowest BCUT2D eigenvalue weighted by molar-refractivity contribution is 0.325. The van der Waals surface area contributed by atoms with Gasteiger partial charge in [-0.2, -0.15) is 0 Å². The molecule has 4 aromatic rings. The molecule has 5 nitrogen and oxygen atoms in total. The lowest BCUT2D eigenvalue weighted by atomic mass is 10.2. The topological polar surface area (TPSA) is 51.1 Å². The van der Waals surface area contributed by atoms with Gasteiger partial charge in [0.1, 0.15) is 24.0 Å². The lowest BCUT2D eigenvalue weighted by Crippen LogP contribution is -2.25. The molecule has 0 saturated heterocycles. The predicted molar refractivity (Wildman–Crippen MR) is 108 cm³/mol. The molecule has 0 spiro atoms. The Hall–Kier alpha value is -3.54. The van der Waals surface area contributed by atoms with Crippen LogP contribution in [-0.4, -0.2) is 35.2 Å². The maximum atomic E-state index is 13.0. The average Bonchev–Trinajstić information content (AvgIpc) is 2.75. The number of rotatable bonds is 6. The number of aromatic nitrogens is 3. The molecule has 4 rings (SSSR count). The second-order valence-electron chi connectivity index (χ2n) is 6.35. The average molecular weight is 374 g/mol. The Morgan fingerprint density at radius 2 is 1.79 bits per heavy atom. The van der Waals surface area contributed by atoms with Gasteiger partial charge in [0, 0.05) is 30.4 Å². The van der Waals surface area contributed by atoms with Crippen LogP contribution in [0.25, 0.3) is 22.3 Å². The molecule has 2 aromatic heterocycles. The zero-order valence-electron chi connectivity index (χ0n) is 15.4. The zero-order valence-corrected chi connectivity index (χ0v) is 15.4. The standard InChI is InChI=1S/C22H19FN4O/c1-27(13-14-28-18-10-8-17(23)9-11-18)22-19-6-2-3-7-20(19)25-21(26-22)16-5-4-12-24-15-16/h2-12,15H,13-14H2,1H3. The van der Waals surface area contributed by atoms with Crippen molar-refractivity contribution in [1.29, 1.82) is 0 Å². The number of hydrogen-bond acceptors (Lipinski definition) is 5. The summed E-state index contributed by atoms with van der Waals surface area (Å²) in [5.41, 5.74) is 1.74. The number of fused-ring (bicyclic) bond motifs is 1. The van der Waals surface area contributed by atoms with Crippen LogP contribution < -0.4 is 9.64 Å². The SMILES string of the molecule is CN(CCOc1ccc(F)cc1)c1nc(-c2cccnc2)nc2ccccc12. The predicted octanol–water partition coefficient (Wildman–Crippen LogP) is 4.35. The van der Waals surface area contributed by atoms with Gasteiger partial charge in [-0.05, 0) is 48.5 Å². The van der Waals surface area contributed by atoms with Crippen LogP contribution in [0.1, 0.15) is 0 Å². The van der Waals surface area contributed by atoms with Crippen molar-refractivity contribution in [3.05, 3.63) is 78.9 Å². The molecule has 0 bridgehead atoms. The highest BCUT2D eigenvalue weighted by molar-refractivity contribution is 5.90. The first-order chi connectivity index (χ1) is 13.7. The molecule has 0 aliphatic carbocycles. The van der Waals surface area contributed by atoms with E-state index in [9.17, 15) is 4.39 Å². The Kier molecular flexibility index (Phi) is 5.10. The maximum absolute atomic E-state index is 13.0. The van der Waals surface area contributed by atoms with E-state index in [-0.39, 0.29) is 5.82 Å². The summed E-state index contributed by atoms with van der Waals surface area (Å²) in [5.74, 6) is 1.82. The number of pyridine rings is 1. The van der Waals surface area contributed by atoms with Gasteiger partial charge in [-0.3, -0.25) is 4.98 Å². The van der Waals surface area contributed by atoms with Crippen molar-refractivity contribution in [3.63, 3.8) is 0 Å². The minimum atomic E-state index is -0.278. The van der Waals surface area contributed by atoms with E-state index in [0.717, 1.165) is 22.3 Å². The van der Waals surface area contributed by atoms with Crippen LogP contribution in [0, 0.1) is 5.82 Å². The summed E-state index contributed by atoms with van der Waals surface area (Å²) in [7, 11) is 1.97. The first-order valence-corrected chi connectivity index (χ1v) is 8.97. The van der Waals surface area contributed by atoms with E-state index in [1.165, 1.54) is 12.1 Å². The fourth-order valence-electron chi connectivity index (χ4n) is 2.91. The maximum Gasteiger partial charge on any atom is 0.163 e. The van der Waals surface area contributed by atoms with E-state index >= 15 is 0 Å². The summed E-state index contributed by atoms with van der Waals surface area (Å²) >= 11 is 0. The molecule has 0 radical (unpaired) electrons. The zero-order chi connectivity index (χ0) is 19.3. The molecule has 2 aromatic carbocycles. The smallest absolute Gasteiger partial charge is 0.163 e. The highest BCUT2D eigenvalue weighted by atomic mass is 19.1. The molecule has 6 heteroatoms. The Balaban J connectivity index is 1.58. The quantitative estimate of drug-likeness (QED) is 0.502. The van der Waals surface area contributed by atoms with Gasteiger partial charge in [0.15, 0.2) is 5.82 Å². The highest BCUT2D eigenvalue weighted by Crippen LogP contribution is 2.26. The summed E-state index contributed by atoms with van der Waals surface area (Å²) in [5, 5.41) is 0.972. The first-order valence-electron chi connectivity index (χ1n) is 8.97. The molecular weight excluding hydrogens is 355 g/mol. The van der Waals surface area contributed by atoms with Crippen molar-refractivity contribution < 1.29 is 9.13 Å². The molecule has 0 amide bonds. The van der Waals surface area contributed by atoms with Gasteiger partial charge in [0.05, 0.1) is 12.1 Å². The van der Waals surface area contributed by atoms with Crippen molar-refractivity contribution in [2.75, 3.05) is 25.1 Å². The molecule has 0 atom stereocenters. The van der Waals surface area contributed by atoms with Gasteiger partial charge < -0.3 is 9.64 Å². The fraction of sp³-hybridized carbons (Fsp3) is 0.136. The van der Waals surface area contributed by atoms with Gasteiger partial charge in [-0.15, -0.1) is 0 Å². The van der Waals surface area contributed by atoms with Crippen LogP contribution in [0.15, 0.2) is 73.1 Å². The monoisotopic (exact) mass is 374 g/mol. The number of benzene rings is 2. The van der Waals surface area contributed by atoms with E-state index in [1.807, 2.05) is 48.3 Å². The van der Waals surface area contributed by atoms with Crippen molar-refractivity contribution in [3.8, 4) is 17.1 Å². The molecular formula is C22H19FN4O. The third-order valence-electron chi connectivity index (χ3n) is 4.37. The summed E-state index contributed by atoms with van der Waals surface area (Å²) in [4.78, 5) is 15.7. The number of nitrogens with zero attached hydrogens (tertiary/aromatic N) is 4. The molecule has 28 heavy (non-hydrogen) atoms. The summed E-state index contributed by atoms with van der Waals surface area (Å²) < 4.78 is 18.7. The van der Waals surface area contributed by atoms with Gasteiger partial charge in [0.25, 0.3) is 0 Å². The number of anilines is 1. The second kappa shape index (κ2) is 8.00. The van der Waals surface area contributed by atoms with Gasteiger partial charge in [-0.1, -0.05) is 12.1 Å². The van der Waals surface area contributed by atoms with Crippen molar-refractivity contribution in [2.24, 2.45) is 0 Å². The minimum Gasteiger partial charge on any atom is -0.492 e. The summed E-state index contributed by atoms with van der Waals surface area (Å²) in [6.45, 7) is 1.06. The Morgan fingerprint density at radius 1 is 0.964 bits per heavy atom. The second-order valence-corrected chi connectivity index (χ2v) is 6.35. The van der Waals surface area contributed by atoms with Gasteiger partial charge >= 0.3 is 0 Å². The van der Waals surface area contributed by atoms with Crippen LogP contribution in [0.3, 0.4) is 0 Å². The molecule has 140 valence electrons. The van der Waals surface area contributed by atoms with Crippen LogP contribution >= 0.6 is 0 Å². The minimum absolute atomic E-state index is 0.278. The van der Waals surface area contributed by atoms with Crippen molar-refractivity contribution >= 4 is 16.7 Å². The number of hydrogen-bond donors (Lipinski definition) is 0. The Bertz CT molecular complexity index is 1070. The number of halogens is 1. The van der Waals surface area contributed by atoms with Crippen LogP contribution in [0.4, 0.5) is 10.2 Å². The Labute approximate surface area is 162 Å². The van der Waals surface area contributed by atoms with Crippen LogP contribution in [0.5, 0.6) is 5.75 Å². The number of ether oxygens (including phenoxy) is 1. The molecule has 0 saturated carbocycles. The summed E-state index contributed by atoms with van der Waals surface area (Å²) in [6.07, 6.45) is 3.48. The molecule has 0 aliphatic heterocycles. The van der Waals surface area contributed by atoms with Gasteiger partial charge in [0.2, 0.25) is 0 Å². The third kappa shape index (κ3) is 3.91. The largest absolute Gasteiger partial charge is 0.492 e. The van der Waals surface area contributed by atoms with E-state index in [0.29, 0.717) is 24.7 Å². The highest BCUT2D eigenvalue weighted by Gasteiger charge is 2.13. The number of likely N-dealkylation sites (N-methyl/N-ethyl adjacent to an activating group) is 1.